The molecule has 0 aliphatic heterocycles. The average Bonchev–Trinajstić information content (AvgIpc) is 3.09. The topological polar surface area (TPSA) is 58.6 Å². The Morgan fingerprint density at radius 1 is 1.40 bits per heavy atom. The first-order valence-electron chi connectivity index (χ1n) is 8.54. The van der Waals surface area contributed by atoms with E-state index in [2.05, 4.69) is 59.3 Å². The summed E-state index contributed by atoms with van der Waals surface area (Å²) in [6, 6.07) is 4.20. The van der Waals surface area contributed by atoms with Crippen LogP contribution in [-0.4, -0.2) is 40.7 Å². The molecule has 2 heterocycles. The van der Waals surface area contributed by atoms with Gasteiger partial charge in [-0.15, -0.1) is 24.0 Å². The number of rotatable bonds is 7. The van der Waals surface area contributed by atoms with E-state index in [1.54, 1.807) is 0 Å². The Kier molecular flexibility index (Phi) is 9.02. The van der Waals surface area contributed by atoms with E-state index < -0.39 is 0 Å². The quantitative estimate of drug-likeness (QED) is 0.299. The van der Waals surface area contributed by atoms with Crippen LogP contribution in [0.5, 0.6) is 0 Å². The molecule has 0 unspecified atom stereocenters. The summed E-state index contributed by atoms with van der Waals surface area (Å²) in [5.74, 6) is 1.86. The molecule has 25 heavy (non-hydrogen) atoms. The Balaban J connectivity index is 0.00000312. The summed E-state index contributed by atoms with van der Waals surface area (Å²) in [6.45, 7) is 8.53. The number of hydrogen-bond acceptors (Lipinski definition) is 3. The summed E-state index contributed by atoms with van der Waals surface area (Å²) in [7, 11) is 4.14. The monoisotopic (exact) mass is 459 g/mol. The Morgan fingerprint density at radius 3 is 2.72 bits per heavy atom. The Labute approximate surface area is 167 Å². The first-order valence-corrected chi connectivity index (χ1v) is 8.54. The molecule has 140 valence electrons. The lowest BCUT2D eigenvalue weighted by Crippen LogP contribution is -2.38. The van der Waals surface area contributed by atoms with Crippen LogP contribution < -0.4 is 5.32 Å². The fourth-order valence-corrected chi connectivity index (χ4v) is 2.75. The lowest BCUT2D eigenvalue weighted by molar-refractivity contribution is 0.392. The van der Waals surface area contributed by atoms with Crippen molar-refractivity contribution in [2.75, 3.05) is 20.1 Å². The molecule has 7 heteroatoms. The number of aryl methyl sites for hydroxylation is 3. The van der Waals surface area contributed by atoms with Crippen LogP contribution in [0.1, 0.15) is 36.1 Å². The molecule has 0 aliphatic carbocycles. The molecule has 0 bridgehead atoms. The van der Waals surface area contributed by atoms with Gasteiger partial charge in [0, 0.05) is 44.6 Å². The maximum absolute atomic E-state index is 5.21. The van der Waals surface area contributed by atoms with E-state index in [0.717, 1.165) is 49.9 Å². The normalized spacial score (nSPS) is 11.3. The average molecular weight is 459 g/mol. The molecule has 0 saturated heterocycles. The van der Waals surface area contributed by atoms with Gasteiger partial charge in [-0.1, -0.05) is 5.16 Å². The number of aliphatic imine (C=N–C) groups is 1. The van der Waals surface area contributed by atoms with Gasteiger partial charge in [0.15, 0.2) is 5.96 Å². The second-order valence-corrected chi connectivity index (χ2v) is 6.11. The Bertz CT molecular complexity index is 657. The first-order chi connectivity index (χ1) is 11.5. The van der Waals surface area contributed by atoms with Crippen LogP contribution in [0.4, 0.5) is 0 Å². The van der Waals surface area contributed by atoms with Crippen molar-refractivity contribution in [2.24, 2.45) is 12.0 Å². The maximum Gasteiger partial charge on any atom is 0.194 e. The molecule has 0 fully saturated rings. The predicted molar refractivity (Wildman–Crippen MR) is 113 cm³/mol. The number of aromatic nitrogens is 2. The van der Waals surface area contributed by atoms with E-state index in [1.807, 2.05) is 13.8 Å². The smallest absolute Gasteiger partial charge is 0.194 e. The maximum atomic E-state index is 5.21. The predicted octanol–water partition coefficient (Wildman–Crippen LogP) is 3.28. The van der Waals surface area contributed by atoms with Crippen molar-refractivity contribution in [2.45, 2.75) is 40.2 Å². The molecule has 2 aromatic heterocycles. The van der Waals surface area contributed by atoms with Crippen molar-refractivity contribution >= 4 is 29.9 Å². The first kappa shape index (κ1) is 21.5. The van der Waals surface area contributed by atoms with E-state index in [-0.39, 0.29) is 24.0 Å². The van der Waals surface area contributed by atoms with E-state index in [9.17, 15) is 0 Å². The molecular formula is C18H30IN5O. The third-order valence-corrected chi connectivity index (χ3v) is 4.17. The SMILES string of the molecule is CCNC(=NCCCc1c(C)noc1C)N(C)Cc1cccn1C.I. The minimum Gasteiger partial charge on any atom is -0.361 e. The van der Waals surface area contributed by atoms with Gasteiger partial charge in [-0.25, -0.2) is 0 Å². The van der Waals surface area contributed by atoms with Crippen molar-refractivity contribution in [1.29, 1.82) is 0 Å². The highest BCUT2D eigenvalue weighted by Gasteiger charge is 2.10. The van der Waals surface area contributed by atoms with Gasteiger partial charge in [-0.3, -0.25) is 4.99 Å². The van der Waals surface area contributed by atoms with Gasteiger partial charge in [-0.05, 0) is 45.7 Å². The number of nitrogens with one attached hydrogen (secondary N) is 1. The molecule has 1 N–H and O–H groups in total. The summed E-state index contributed by atoms with van der Waals surface area (Å²) in [5, 5.41) is 7.37. The van der Waals surface area contributed by atoms with Crippen LogP contribution in [0.2, 0.25) is 0 Å². The minimum atomic E-state index is 0. The Hall–Kier alpha value is -1.51. The van der Waals surface area contributed by atoms with Gasteiger partial charge < -0.3 is 19.3 Å². The zero-order valence-corrected chi connectivity index (χ0v) is 18.2. The summed E-state index contributed by atoms with van der Waals surface area (Å²) >= 11 is 0. The van der Waals surface area contributed by atoms with Crippen molar-refractivity contribution in [1.82, 2.24) is 19.9 Å². The van der Waals surface area contributed by atoms with Gasteiger partial charge in [0.2, 0.25) is 0 Å². The van der Waals surface area contributed by atoms with E-state index in [1.165, 1.54) is 11.3 Å². The molecule has 0 saturated carbocycles. The molecule has 2 rings (SSSR count). The van der Waals surface area contributed by atoms with Crippen molar-refractivity contribution in [3.05, 3.63) is 41.0 Å². The second-order valence-electron chi connectivity index (χ2n) is 6.11. The highest BCUT2D eigenvalue weighted by molar-refractivity contribution is 14.0. The van der Waals surface area contributed by atoms with Crippen LogP contribution >= 0.6 is 24.0 Å². The highest BCUT2D eigenvalue weighted by atomic mass is 127. The fraction of sp³-hybridized carbons (Fsp3) is 0.556. The third-order valence-electron chi connectivity index (χ3n) is 4.17. The lowest BCUT2D eigenvalue weighted by atomic mass is 10.1. The third kappa shape index (κ3) is 6.05. The zero-order chi connectivity index (χ0) is 17.5. The van der Waals surface area contributed by atoms with Crippen LogP contribution in [-0.2, 0) is 20.0 Å². The number of guanidine groups is 1. The molecular weight excluding hydrogens is 429 g/mol. The van der Waals surface area contributed by atoms with Crippen molar-refractivity contribution in [3.8, 4) is 0 Å². The van der Waals surface area contributed by atoms with Gasteiger partial charge in [-0.2, -0.15) is 0 Å². The summed E-state index contributed by atoms with van der Waals surface area (Å²) < 4.78 is 7.35. The van der Waals surface area contributed by atoms with Crippen molar-refractivity contribution in [3.63, 3.8) is 0 Å². The van der Waals surface area contributed by atoms with Crippen LogP contribution in [0, 0.1) is 13.8 Å². The van der Waals surface area contributed by atoms with Crippen molar-refractivity contribution < 1.29 is 4.52 Å². The minimum absolute atomic E-state index is 0. The standard InChI is InChI=1S/C18H29N5O.HI/c1-6-19-18(23(5)13-16-9-8-12-22(16)4)20-11-7-10-17-14(2)21-24-15(17)3;/h8-9,12H,6-7,10-11,13H2,1-5H3,(H,19,20);1H. The molecule has 0 spiro atoms. The summed E-state index contributed by atoms with van der Waals surface area (Å²) in [4.78, 5) is 6.91. The molecule has 0 aliphatic rings. The molecule has 2 aromatic rings. The fourth-order valence-electron chi connectivity index (χ4n) is 2.75. The molecule has 0 atom stereocenters. The van der Waals surface area contributed by atoms with Gasteiger partial charge in [0.25, 0.3) is 0 Å². The van der Waals surface area contributed by atoms with Crippen LogP contribution in [0.3, 0.4) is 0 Å². The highest BCUT2D eigenvalue weighted by Crippen LogP contribution is 2.14. The largest absolute Gasteiger partial charge is 0.361 e. The number of hydrogen-bond donors (Lipinski definition) is 1. The van der Waals surface area contributed by atoms with Crippen LogP contribution in [0.25, 0.3) is 0 Å². The molecule has 0 amide bonds. The second kappa shape index (κ2) is 10.5. The summed E-state index contributed by atoms with van der Waals surface area (Å²) in [6.07, 6.45) is 4.00. The van der Waals surface area contributed by atoms with Gasteiger partial charge in [0.05, 0.1) is 12.2 Å². The molecule has 0 radical (unpaired) electrons. The Morgan fingerprint density at radius 2 is 2.16 bits per heavy atom. The van der Waals surface area contributed by atoms with E-state index >= 15 is 0 Å². The lowest BCUT2D eigenvalue weighted by Gasteiger charge is -2.22. The zero-order valence-electron chi connectivity index (χ0n) is 15.9. The summed E-state index contributed by atoms with van der Waals surface area (Å²) in [5.41, 5.74) is 3.47. The van der Waals surface area contributed by atoms with Gasteiger partial charge >= 0.3 is 0 Å². The number of halogens is 1. The molecule has 0 aromatic carbocycles. The van der Waals surface area contributed by atoms with Gasteiger partial charge in [0.1, 0.15) is 5.76 Å². The number of nitrogens with zero attached hydrogens (tertiary/aromatic N) is 4. The van der Waals surface area contributed by atoms with Crippen LogP contribution in [0.15, 0.2) is 27.8 Å². The molecule has 6 nitrogen and oxygen atoms in total. The van der Waals surface area contributed by atoms with E-state index in [0.29, 0.717) is 0 Å². The van der Waals surface area contributed by atoms with E-state index in [4.69, 9.17) is 9.52 Å².